The molecule has 2 rings (SSSR count). The molecule has 1 aliphatic carbocycles. The first-order valence-electron chi connectivity index (χ1n) is 5.71. The molecule has 74 valence electrons. The molecule has 1 nitrogen and oxygen atoms in total. The minimum atomic E-state index is 0.507. The lowest BCUT2D eigenvalue weighted by Crippen LogP contribution is -2.21. The van der Waals surface area contributed by atoms with E-state index in [1.165, 1.54) is 44.8 Å². The quantitative estimate of drug-likeness (QED) is 0.597. The van der Waals surface area contributed by atoms with E-state index < -0.39 is 0 Å². The Morgan fingerprint density at radius 3 is 2.77 bits per heavy atom. The summed E-state index contributed by atoms with van der Waals surface area (Å²) in [6.07, 6.45) is 10.7. The van der Waals surface area contributed by atoms with Crippen molar-refractivity contribution >= 4 is 17.8 Å². The molecule has 2 aliphatic rings. The van der Waals surface area contributed by atoms with Gasteiger partial charge in [0.1, 0.15) is 0 Å². The summed E-state index contributed by atoms with van der Waals surface area (Å²) in [7, 11) is 0. The molecule has 1 aliphatic heterocycles. The molecule has 1 saturated heterocycles. The van der Waals surface area contributed by atoms with Gasteiger partial charge in [0.05, 0.1) is 6.10 Å². The van der Waals surface area contributed by atoms with Gasteiger partial charge in [-0.3, -0.25) is 0 Å². The molecular formula is C10H19BOS. The fraction of sp³-hybridized carbons (Fsp3) is 1.00. The maximum absolute atomic E-state index is 6.01. The van der Waals surface area contributed by atoms with Crippen molar-refractivity contribution in [2.75, 3.05) is 0 Å². The third-order valence-corrected chi connectivity index (χ3v) is 4.77. The van der Waals surface area contributed by atoms with Crippen LogP contribution in [0.1, 0.15) is 45.4 Å². The first-order valence-corrected chi connectivity index (χ1v) is 6.65. The molecule has 1 heterocycles. The lowest BCUT2D eigenvalue weighted by atomic mass is 9.92. The van der Waals surface area contributed by atoms with Crippen LogP contribution in [0.15, 0.2) is 0 Å². The van der Waals surface area contributed by atoms with Crippen molar-refractivity contribution in [3.63, 3.8) is 0 Å². The van der Waals surface area contributed by atoms with Gasteiger partial charge < -0.3 is 4.65 Å². The fourth-order valence-electron chi connectivity index (χ4n) is 2.34. The normalized spacial score (nSPS) is 35.3. The number of rotatable bonds is 1. The molecule has 0 bridgehead atoms. The van der Waals surface area contributed by atoms with Crippen LogP contribution >= 0.6 is 11.6 Å². The van der Waals surface area contributed by atoms with Crippen LogP contribution in [0, 0.1) is 0 Å². The molecule has 0 aromatic heterocycles. The summed E-state index contributed by atoms with van der Waals surface area (Å²) in [5.74, 6) is 0. The first kappa shape index (κ1) is 9.91. The highest BCUT2D eigenvalue weighted by Gasteiger charge is 2.36. The van der Waals surface area contributed by atoms with Crippen LogP contribution in [0.3, 0.4) is 0 Å². The molecule has 0 radical (unpaired) electrons. The predicted octanol–water partition coefficient (Wildman–Crippen LogP) is 3.35. The van der Waals surface area contributed by atoms with Crippen molar-refractivity contribution in [2.24, 2.45) is 0 Å². The van der Waals surface area contributed by atoms with Gasteiger partial charge in [0.15, 0.2) is 0 Å². The van der Waals surface area contributed by atoms with Crippen LogP contribution in [-0.2, 0) is 4.65 Å². The highest BCUT2D eigenvalue weighted by atomic mass is 32.2. The van der Waals surface area contributed by atoms with E-state index in [1.54, 1.807) is 0 Å². The van der Waals surface area contributed by atoms with Gasteiger partial charge in [-0.1, -0.05) is 32.6 Å². The van der Waals surface area contributed by atoms with Gasteiger partial charge in [-0.15, -0.1) is 0 Å². The molecule has 2 unspecified atom stereocenters. The molecule has 0 amide bonds. The average Bonchev–Trinajstić information content (AvgIpc) is 2.47. The number of hydrogen-bond acceptors (Lipinski definition) is 2. The minimum absolute atomic E-state index is 0.507. The van der Waals surface area contributed by atoms with Crippen LogP contribution in [0.2, 0.25) is 6.32 Å². The second kappa shape index (κ2) is 4.74. The molecule has 1 saturated carbocycles. The Balaban J connectivity index is 1.90. The zero-order valence-corrected chi connectivity index (χ0v) is 9.31. The SMILES string of the molecule is CCB1OC2CCCCCCC2S1. The zero-order valence-electron chi connectivity index (χ0n) is 8.50. The third kappa shape index (κ3) is 2.44. The third-order valence-electron chi connectivity index (χ3n) is 3.13. The van der Waals surface area contributed by atoms with Crippen LogP contribution in [0.25, 0.3) is 0 Å². The Bertz CT molecular complexity index is 149. The highest BCUT2D eigenvalue weighted by molar-refractivity contribution is 8.25. The van der Waals surface area contributed by atoms with Crippen LogP contribution in [0.4, 0.5) is 0 Å². The summed E-state index contributed by atoms with van der Waals surface area (Å²) < 4.78 is 6.01. The summed E-state index contributed by atoms with van der Waals surface area (Å²) in [4.78, 5) is 0. The lowest BCUT2D eigenvalue weighted by molar-refractivity contribution is 0.189. The monoisotopic (exact) mass is 198 g/mol. The Morgan fingerprint density at radius 2 is 2.00 bits per heavy atom. The molecule has 0 spiro atoms. The molecule has 0 aromatic rings. The molecule has 13 heavy (non-hydrogen) atoms. The largest absolute Gasteiger partial charge is 0.422 e. The number of fused-ring (bicyclic) bond motifs is 1. The molecule has 0 aromatic carbocycles. The second-order valence-electron chi connectivity index (χ2n) is 4.18. The summed E-state index contributed by atoms with van der Waals surface area (Å²) in [5.41, 5.74) is 0. The van der Waals surface area contributed by atoms with Gasteiger partial charge in [-0.25, -0.2) is 0 Å². The molecule has 3 heteroatoms. The minimum Gasteiger partial charge on any atom is -0.422 e. The van der Waals surface area contributed by atoms with Crippen LogP contribution in [0.5, 0.6) is 0 Å². The Morgan fingerprint density at radius 1 is 1.23 bits per heavy atom. The Kier molecular flexibility index (Phi) is 3.62. The standard InChI is InChI=1S/C10H19BOS/c1-2-11-12-9-7-5-3-4-6-8-10(9)13-11/h9-10H,2-8H2,1H3. The fourth-order valence-corrected chi connectivity index (χ4v) is 3.81. The molecular weight excluding hydrogens is 179 g/mol. The van der Waals surface area contributed by atoms with E-state index in [1.807, 2.05) is 0 Å². The van der Waals surface area contributed by atoms with E-state index >= 15 is 0 Å². The maximum atomic E-state index is 6.01. The van der Waals surface area contributed by atoms with Gasteiger partial charge in [-0.2, -0.15) is 11.6 Å². The van der Waals surface area contributed by atoms with Gasteiger partial charge in [0.25, 0.3) is 0 Å². The van der Waals surface area contributed by atoms with E-state index in [0.29, 0.717) is 12.3 Å². The topological polar surface area (TPSA) is 9.23 Å². The van der Waals surface area contributed by atoms with Crippen molar-refractivity contribution < 1.29 is 4.65 Å². The Labute approximate surface area is 86.0 Å². The van der Waals surface area contributed by atoms with Gasteiger partial charge >= 0.3 is 6.19 Å². The molecule has 0 N–H and O–H groups in total. The summed E-state index contributed by atoms with van der Waals surface area (Å²) in [6.45, 7) is 2.23. The molecule has 2 fully saturated rings. The maximum Gasteiger partial charge on any atom is 0.361 e. The van der Waals surface area contributed by atoms with Crippen LogP contribution < -0.4 is 0 Å². The second-order valence-corrected chi connectivity index (χ2v) is 5.58. The van der Waals surface area contributed by atoms with E-state index in [4.69, 9.17) is 4.65 Å². The van der Waals surface area contributed by atoms with Crippen molar-refractivity contribution in [1.82, 2.24) is 0 Å². The Hall–Kier alpha value is 0.375. The predicted molar refractivity (Wildman–Crippen MR) is 60.2 cm³/mol. The smallest absolute Gasteiger partial charge is 0.361 e. The average molecular weight is 198 g/mol. The lowest BCUT2D eigenvalue weighted by Gasteiger charge is -2.21. The first-order chi connectivity index (χ1) is 6.40. The van der Waals surface area contributed by atoms with Crippen molar-refractivity contribution in [3.05, 3.63) is 0 Å². The van der Waals surface area contributed by atoms with Gasteiger partial charge in [-0.05, 0) is 19.2 Å². The van der Waals surface area contributed by atoms with E-state index in [2.05, 4.69) is 18.5 Å². The van der Waals surface area contributed by atoms with Crippen molar-refractivity contribution in [1.29, 1.82) is 0 Å². The van der Waals surface area contributed by atoms with Gasteiger partial charge in [0, 0.05) is 5.25 Å². The van der Waals surface area contributed by atoms with Crippen molar-refractivity contribution in [2.45, 2.75) is 63.1 Å². The van der Waals surface area contributed by atoms with Gasteiger partial charge in [0.2, 0.25) is 0 Å². The van der Waals surface area contributed by atoms with E-state index in [9.17, 15) is 0 Å². The summed E-state index contributed by atoms with van der Waals surface area (Å²) in [6, 6.07) is 0. The highest BCUT2D eigenvalue weighted by Crippen LogP contribution is 2.38. The molecule has 2 atom stereocenters. The summed E-state index contributed by atoms with van der Waals surface area (Å²) in [5, 5.41) is 0.824. The van der Waals surface area contributed by atoms with E-state index in [-0.39, 0.29) is 0 Å². The zero-order chi connectivity index (χ0) is 9.10. The van der Waals surface area contributed by atoms with Crippen LogP contribution in [-0.4, -0.2) is 17.5 Å². The summed E-state index contributed by atoms with van der Waals surface area (Å²) >= 11 is 2.09. The van der Waals surface area contributed by atoms with Crippen molar-refractivity contribution in [3.8, 4) is 0 Å². The van der Waals surface area contributed by atoms with E-state index in [0.717, 1.165) is 5.25 Å². The number of hydrogen-bond donors (Lipinski definition) is 0.